The number of hydrogen-bond acceptors (Lipinski definition) is 4. The molecule has 6 heteroatoms. The molecule has 1 aromatic carbocycles. The molecular weight excluding hydrogens is 252 g/mol. The van der Waals surface area contributed by atoms with Crippen molar-refractivity contribution in [1.82, 2.24) is 24.8 Å². The summed E-state index contributed by atoms with van der Waals surface area (Å²) >= 11 is 0. The Morgan fingerprint density at radius 1 is 1.10 bits per heavy atom. The van der Waals surface area contributed by atoms with Crippen molar-refractivity contribution in [3.8, 4) is 11.3 Å². The van der Waals surface area contributed by atoms with Crippen molar-refractivity contribution >= 4 is 16.6 Å². The monoisotopic (exact) mass is 264 g/mol. The molecule has 0 spiro atoms. The van der Waals surface area contributed by atoms with Gasteiger partial charge in [-0.25, -0.2) is 0 Å². The van der Waals surface area contributed by atoms with E-state index in [0.717, 1.165) is 22.2 Å². The zero-order valence-electron chi connectivity index (χ0n) is 10.6. The van der Waals surface area contributed by atoms with Crippen LogP contribution in [0.5, 0.6) is 0 Å². The number of fused-ring (bicyclic) bond motifs is 2. The van der Waals surface area contributed by atoms with E-state index in [-0.39, 0.29) is 0 Å². The molecule has 0 atom stereocenters. The van der Waals surface area contributed by atoms with Crippen LogP contribution in [0.4, 0.5) is 0 Å². The smallest absolute Gasteiger partial charge is 0.177 e. The zero-order chi connectivity index (χ0) is 13.5. The summed E-state index contributed by atoms with van der Waals surface area (Å²) in [5.74, 6) is 0.654. The minimum atomic E-state index is 0.311. The molecule has 0 saturated carbocycles. The van der Waals surface area contributed by atoms with Gasteiger partial charge in [-0.1, -0.05) is 18.2 Å². The summed E-state index contributed by atoms with van der Waals surface area (Å²) in [6.45, 7) is 0.311. The largest absolute Gasteiger partial charge is 0.360 e. The number of benzene rings is 1. The highest BCUT2D eigenvalue weighted by Crippen LogP contribution is 2.26. The fourth-order valence-electron chi connectivity index (χ4n) is 2.39. The highest BCUT2D eigenvalue weighted by atomic mass is 15.4. The molecule has 0 aliphatic heterocycles. The van der Waals surface area contributed by atoms with Gasteiger partial charge in [0.25, 0.3) is 0 Å². The summed E-state index contributed by atoms with van der Waals surface area (Å²) in [5, 5.41) is 13.8. The van der Waals surface area contributed by atoms with E-state index in [1.807, 2.05) is 36.5 Å². The maximum absolute atomic E-state index is 5.65. The number of nitrogens with zero attached hydrogens (tertiary/aromatic N) is 4. The lowest BCUT2D eigenvalue weighted by Crippen LogP contribution is -2.05. The highest BCUT2D eigenvalue weighted by Gasteiger charge is 2.10. The summed E-state index contributed by atoms with van der Waals surface area (Å²) in [6.07, 6.45) is 1.96. The predicted octanol–water partition coefficient (Wildman–Crippen LogP) is 1.73. The van der Waals surface area contributed by atoms with Crippen molar-refractivity contribution in [3.63, 3.8) is 0 Å². The van der Waals surface area contributed by atoms with Crippen LogP contribution in [0.2, 0.25) is 0 Å². The van der Waals surface area contributed by atoms with Crippen LogP contribution in [-0.2, 0) is 6.54 Å². The van der Waals surface area contributed by atoms with Gasteiger partial charge in [0.15, 0.2) is 11.5 Å². The van der Waals surface area contributed by atoms with Crippen molar-refractivity contribution in [3.05, 3.63) is 48.4 Å². The summed E-state index contributed by atoms with van der Waals surface area (Å²) in [4.78, 5) is 3.25. The number of nitrogens with one attached hydrogen (secondary N) is 1. The average molecular weight is 264 g/mol. The molecule has 0 bridgehead atoms. The van der Waals surface area contributed by atoms with Crippen LogP contribution in [0.3, 0.4) is 0 Å². The molecule has 20 heavy (non-hydrogen) atoms. The normalized spacial score (nSPS) is 11.4. The number of H-pyrrole nitrogens is 1. The van der Waals surface area contributed by atoms with Crippen molar-refractivity contribution in [2.75, 3.05) is 0 Å². The van der Waals surface area contributed by atoms with Crippen LogP contribution in [0, 0.1) is 0 Å². The molecule has 0 amide bonds. The van der Waals surface area contributed by atoms with E-state index in [4.69, 9.17) is 5.73 Å². The third kappa shape index (κ3) is 1.52. The molecule has 98 valence electrons. The molecule has 4 rings (SSSR count). The number of nitrogens with two attached hydrogens (primary N) is 1. The van der Waals surface area contributed by atoms with Gasteiger partial charge >= 0.3 is 0 Å². The van der Waals surface area contributed by atoms with Crippen LogP contribution in [-0.4, -0.2) is 24.8 Å². The lowest BCUT2D eigenvalue weighted by molar-refractivity contribution is 0.811. The molecule has 4 aromatic rings. The Balaban J connectivity index is 1.97. The molecule has 3 aromatic heterocycles. The first-order valence-corrected chi connectivity index (χ1v) is 6.35. The maximum Gasteiger partial charge on any atom is 0.177 e. The third-order valence-electron chi connectivity index (χ3n) is 3.38. The Bertz CT molecular complexity index is 904. The minimum Gasteiger partial charge on any atom is -0.360 e. The molecule has 0 fully saturated rings. The SMILES string of the molecule is NCc1nnc2ccc(-c3c[nH]c4ccccc34)nn12. The molecule has 0 radical (unpaired) electrons. The van der Waals surface area contributed by atoms with E-state index in [1.165, 1.54) is 0 Å². The topological polar surface area (TPSA) is 84.9 Å². The number of rotatable bonds is 2. The Kier molecular flexibility index (Phi) is 2.30. The van der Waals surface area contributed by atoms with Gasteiger partial charge in [-0.3, -0.25) is 0 Å². The van der Waals surface area contributed by atoms with Crippen LogP contribution in [0.1, 0.15) is 5.82 Å². The van der Waals surface area contributed by atoms with Crippen LogP contribution >= 0.6 is 0 Å². The lowest BCUT2D eigenvalue weighted by Gasteiger charge is -2.01. The highest BCUT2D eigenvalue weighted by molar-refractivity contribution is 5.94. The fraction of sp³-hybridized carbons (Fsp3) is 0.0714. The van der Waals surface area contributed by atoms with E-state index in [1.54, 1.807) is 4.52 Å². The van der Waals surface area contributed by atoms with Gasteiger partial charge in [0, 0.05) is 22.7 Å². The maximum atomic E-state index is 5.65. The second-order valence-corrected chi connectivity index (χ2v) is 4.56. The first kappa shape index (κ1) is 11.1. The molecule has 6 nitrogen and oxygen atoms in total. The molecule has 0 aliphatic rings. The van der Waals surface area contributed by atoms with E-state index in [0.29, 0.717) is 18.0 Å². The quantitative estimate of drug-likeness (QED) is 0.577. The van der Waals surface area contributed by atoms with E-state index in [9.17, 15) is 0 Å². The van der Waals surface area contributed by atoms with Crippen LogP contribution < -0.4 is 5.73 Å². The van der Waals surface area contributed by atoms with Gasteiger partial charge in [-0.05, 0) is 18.2 Å². The number of aromatic nitrogens is 5. The van der Waals surface area contributed by atoms with Gasteiger partial charge in [0.1, 0.15) is 0 Å². The van der Waals surface area contributed by atoms with Gasteiger partial charge in [-0.15, -0.1) is 10.2 Å². The first-order chi connectivity index (χ1) is 9.86. The minimum absolute atomic E-state index is 0.311. The van der Waals surface area contributed by atoms with Gasteiger partial charge < -0.3 is 10.7 Å². The molecule has 0 saturated heterocycles. The van der Waals surface area contributed by atoms with Crippen molar-refractivity contribution in [2.24, 2.45) is 5.73 Å². The molecular formula is C14H12N6. The average Bonchev–Trinajstić information content (AvgIpc) is 3.10. The Morgan fingerprint density at radius 2 is 2.00 bits per heavy atom. The second kappa shape index (κ2) is 4.14. The summed E-state index contributed by atoms with van der Waals surface area (Å²) in [7, 11) is 0. The van der Waals surface area contributed by atoms with Crippen molar-refractivity contribution in [2.45, 2.75) is 6.54 Å². The van der Waals surface area contributed by atoms with Crippen LogP contribution in [0.25, 0.3) is 27.8 Å². The Morgan fingerprint density at radius 3 is 2.90 bits per heavy atom. The summed E-state index contributed by atoms with van der Waals surface area (Å²) in [5.41, 5.74) is 9.36. The van der Waals surface area contributed by atoms with E-state index < -0.39 is 0 Å². The Labute approximate surface area is 114 Å². The lowest BCUT2D eigenvalue weighted by atomic mass is 10.1. The molecule has 3 N–H and O–H groups in total. The van der Waals surface area contributed by atoms with Crippen molar-refractivity contribution < 1.29 is 0 Å². The van der Waals surface area contributed by atoms with E-state index in [2.05, 4.69) is 26.3 Å². The summed E-state index contributed by atoms with van der Waals surface area (Å²) in [6, 6.07) is 12.0. The first-order valence-electron chi connectivity index (χ1n) is 6.35. The van der Waals surface area contributed by atoms with Gasteiger partial charge in [0.2, 0.25) is 0 Å². The zero-order valence-corrected chi connectivity index (χ0v) is 10.6. The molecule has 0 unspecified atom stereocenters. The third-order valence-corrected chi connectivity index (χ3v) is 3.38. The summed E-state index contributed by atoms with van der Waals surface area (Å²) < 4.78 is 1.69. The number of hydrogen-bond donors (Lipinski definition) is 2. The predicted molar refractivity (Wildman–Crippen MR) is 76.0 cm³/mol. The fourth-order valence-corrected chi connectivity index (χ4v) is 2.39. The Hall–Kier alpha value is -2.73. The standard InChI is InChI=1S/C14H12N6/c15-7-14-18-17-13-6-5-12(19-20(13)14)10-8-16-11-4-2-1-3-9(10)11/h1-6,8,16H,7,15H2. The second-order valence-electron chi connectivity index (χ2n) is 4.56. The van der Waals surface area contributed by atoms with Crippen molar-refractivity contribution in [1.29, 1.82) is 0 Å². The number of aromatic amines is 1. The number of para-hydroxylation sites is 1. The van der Waals surface area contributed by atoms with Crippen LogP contribution in [0.15, 0.2) is 42.6 Å². The molecule has 0 aliphatic carbocycles. The van der Waals surface area contributed by atoms with Gasteiger partial charge in [-0.2, -0.15) is 9.61 Å². The van der Waals surface area contributed by atoms with Gasteiger partial charge in [0.05, 0.1) is 12.2 Å². The molecule has 3 heterocycles. The van der Waals surface area contributed by atoms with E-state index >= 15 is 0 Å².